The van der Waals surface area contributed by atoms with E-state index in [1.807, 2.05) is 11.8 Å². The Bertz CT molecular complexity index is 299. The van der Waals surface area contributed by atoms with Crippen LogP contribution in [0.5, 0.6) is 0 Å². The Balaban J connectivity index is 2.07. The minimum absolute atomic E-state index is 0.155. The zero-order valence-electron chi connectivity index (χ0n) is 11.3. The SMILES string of the molecule is CC1CN(C)CCCN1C(=O)C(C)(N)C1CC1. The molecular weight excluding hydrogens is 214 g/mol. The number of hydrogen-bond acceptors (Lipinski definition) is 3. The fraction of sp³-hybridized carbons (Fsp3) is 0.923. The molecule has 0 aromatic heterocycles. The summed E-state index contributed by atoms with van der Waals surface area (Å²) in [6, 6.07) is 0.275. The lowest BCUT2D eigenvalue weighted by atomic mass is 9.94. The summed E-state index contributed by atoms with van der Waals surface area (Å²) in [4.78, 5) is 16.8. The van der Waals surface area contributed by atoms with Gasteiger partial charge in [-0.05, 0) is 52.6 Å². The number of carbonyl (C=O) groups is 1. The van der Waals surface area contributed by atoms with Crippen molar-refractivity contribution in [1.82, 2.24) is 9.80 Å². The topological polar surface area (TPSA) is 49.6 Å². The van der Waals surface area contributed by atoms with E-state index in [4.69, 9.17) is 5.73 Å². The standard InChI is InChI=1S/C13H25N3O/c1-10-9-15(3)7-4-8-16(10)12(17)13(2,14)11-5-6-11/h10-11H,4-9,14H2,1-3H3. The number of carbonyl (C=O) groups excluding carboxylic acids is 1. The van der Waals surface area contributed by atoms with Crippen LogP contribution in [-0.4, -0.2) is 54.0 Å². The van der Waals surface area contributed by atoms with Crippen molar-refractivity contribution < 1.29 is 4.79 Å². The molecule has 2 rings (SSSR count). The molecule has 2 N–H and O–H groups in total. The summed E-state index contributed by atoms with van der Waals surface area (Å²) in [6.07, 6.45) is 3.27. The van der Waals surface area contributed by atoms with Gasteiger partial charge < -0.3 is 15.5 Å². The summed E-state index contributed by atoms with van der Waals surface area (Å²) in [6.45, 7) is 6.91. The molecule has 1 aliphatic carbocycles. The summed E-state index contributed by atoms with van der Waals surface area (Å²) in [5, 5.41) is 0. The third kappa shape index (κ3) is 2.63. The molecule has 0 aromatic carbocycles. The Morgan fingerprint density at radius 1 is 1.35 bits per heavy atom. The summed E-state index contributed by atoms with van der Waals surface area (Å²) < 4.78 is 0. The molecule has 4 heteroatoms. The number of hydrogen-bond donors (Lipinski definition) is 1. The maximum atomic E-state index is 12.6. The second kappa shape index (κ2) is 4.58. The van der Waals surface area contributed by atoms with Crippen LogP contribution in [0.2, 0.25) is 0 Å². The van der Waals surface area contributed by atoms with Gasteiger partial charge in [0.25, 0.3) is 0 Å². The van der Waals surface area contributed by atoms with Crippen molar-refractivity contribution in [2.45, 2.75) is 44.7 Å². The summed E-state index contributed by atoms with van der Waals surface area (Å²) >= 11 is 0. The van der Waals surface area contributed by atoms with Crippen molar-refractivity contribution in [2.24, 2.45) is 11.7 Å². The molecule has 4 nitrogen and oxygen atoms in total. The monoisotopic (exact) mass is 239 g/mol. The van der Waals surface area contributed by atoms with Crippen LogP contribution in [0.1, 0.15) is 33.1 Å². The average Bonchev–Trinajstić information content (AvgIpc) is 3.05. The van der Waals surface area contributed by atoms with Gasteiger partial charge >= 0.3 is 0 Å². The van der Waals surface area contributed by atoms with Gasteiger partial charge in [0.05, 0.1) is 5.54 Å². The van der Waals surface area contributed by atoms with Crippen LogP contribution in [0, 0.1) is 5.92 Å². The van der Waals surface area contributed by atoms with E-state index in [0.717, 1.165) is 38.9 Å². The van der Waals surface area contributed by atoms with Crippen LogP contribution in [0.4, 0.5) is 0 Å². The highest BCUT2D eigenvalue weighted by atomic mass is 16.2. The van der Waals surface area contributed by atoms with Gasteiger partial charge in [-0.1, -0.05) is 0 Å². The molecule has 1 aliphatic heterocycles. The van der Waals surface area contributed by atoms with Crippen molar-refractivity contribution in [3.8, 4) is 0 Å². The Kier molecular flexibility index (Phi) is 3.46. The lowest BCUT2D eigenvalue weighted by Crippen LogP contribution is -2.57. The van der Waals surface area contributed by atoms with Gasteiger partial charge in [0.1, 0.15) is 0 Å². The third-order valence-corrected chi connectivity index (χ3v) is 4.19. The molecule has 1 saturated heterocycles. The number of nitrogens with two attached hydrogens (primary N) is 1. The number of amides is 1. The molecule has 98 valence electrons. The first-order valence-corrected chi connectivity index (χ1v) is 6.71. The Morgan fingerprint density at radius 2 is 2.00 bits per heavy atom. The van der Waals surface area contributed by atoms with E-state index in [0.29, 0.717) is 5.92 Å². The quantitative estimate of drug-likeness (QED) is 0.770. The minimum atomic E-state index is -0.642. The largest absolute Gasteiger partial charge is 0.337 e. The third-order valence-electron chi connectivity index (χ3n) is 4.19. The van der Waals surface area contributed by atoms with Crippen LogP contribution in [0.3, 0.4) is 0 Å². The molecule has 0 bridgehead atoms. The first-order valence-electron chi connectivity index (χ1n) is 6.71. The van der Waals surface area contributed by atoms with E-state index in [-0.39, 0.29) is 11.9 Å². The average molecular weight is 239 g/mol. The van der Waals surface area contributed by atoms with Crippen LogP contribution >= 0.6 is 0 Å². The zero-order chi connectivity index (χ0) is 12.6. The molecule has 0 spiro atoms. The molecule has 2 atom stereocenters. The van der Waals surface area contributed by atoms with Gasteiger partial charge in [-0.25, -0.2) is 0 Å². The van der Waals surface area contributed by atoms with E-state index in [1.54, 1.807) is 0 Å². The molecular formula is C13H25N3O. The van der Waals surface area contributed by atoms with Crippen molar-refractivity contribution in [1.29, 1.82) is 0 Å². The highest BCUT2D eigenvalue weighted by molar-refractivity contribution is 5.86. The second-order valence-corrected chi connectivity index (χ2v) is 6.02. The lowest BCUT2D eigenvalue weighted by molar-refractivity contribution is -0.139. The Labute approximate surface area is 104 Å². The Morgan fingerprint density at radius 3 is 2.59 bits per heavy atom. The van der Waals surface area contributed by atoms with Gasteiger partial charge in [0, 0.05) is 19.1 Å². The molecule has 2 unspecified atom stereocenters. The van der Waals surface area contributed by atoms with Crippen molar-refractivity contribution in [3.05, 3.63) is 0 Å². The van der Waals surface area contributed by atoms with Crippen LogP contribution in [0.15, 0.2) is 0 Å². The summed E-state index contributed by atoms with van der Waals surface area (Å²) in [5.41, 5.74) is 5.60. The first kappa shape index (κ1) is 12.8. The van der Waals surface area contributed by atoms with E-state index in [1.165, 1.54) is 0 Å². The van der Waals surface area contributed by atoms with Crippen molar-refractivity contribution in [3.63, 3.8) is 0 Å². The molecule has 17 heavy (non-hydrogen) atoms. The van der Waals surface area contributed by atoms with E-state index in [9.17, 15) is 4.79 Å². The summed E-state index contributed by atoms with van der Waals surface area (Å²) in [7, 11) is 2.12. The van der Waals surface area contributed by atoms with Crippen LogP contribution < -0.4 is 5.73 Å². The van der Waals surface area contributed by atoms with Crippen molar-refractivity contribution >= 4 is 5.91 Å². The van der Waals surface area contributed by atoms with Crippen molar-refractivity contribution in [2.75, 3.05) is 26.7 Å². The van der Waals surface area contributed by atoms with E-state index >= 15 is 0 Å². The van der Waals surface area contributed by atoms with Gasteiger partial charge in [0.2, 0.25) is 5.91 Å². The molecule has 1 saturated carbocycles. The van der Waals surface area contributed by atoms with Crippen LogP contribution in [-0.2, 0) is 4.79 Å². The van der Waals surface area contributed by atoms with E-state index < -0.39 is 5.54 Å². The maximum Gasteiger partial charge on any atom is 0.242 e. The predicted octanol–water partition coefficient (Wildman–Crippen LogP) is 0.666. The fourth-order valence-corrected chi connectivity index (χ4v) is 2.84. The predicted molar refractivity (Wildman–Crippen MR) is 68.6 cm³/mol. The first-order chi connectivity index (χ1) is 7.93. The smallest absolute Gasteiger partial charge is 0.242 e. The molecule has 0 radical (unpaired) electrons. The molecule has 1 amide bonds. The zero-order valence-corrected chi connectivity index (χ0v) is 11.3. The van der Waals surface area contributed by atoms with Gasteiger partial charge in [-0.3, -0.25) is 4.79 Å². The lowest BCUT2D eigenvalue weighted by Gasteiger charge is -2.35. The van der Waals surface area contributed by atoms with E-state index in [2.05, 4.69) is 18.9 Å². The second-order valence-electron chi connectivity index (χ2n) is 6.02. The number of nitrogens with zero attached hydrogens (tertiary/aromatic N) is 2. The van der Waals surface area contributed by atoms with Gasteiger partial charge in [-0.15, -0.1) is 0 Å². The highest BCUT2D eigenvalue weighted by Crippen LogP contribution is 2.39. The summed E-state index contributed by atoms with van der Waals surface area (Å²) in [5.74, 6) is 0.561. The number of rotatable bonds is 2. The maximum absolute atomic E-state index is 12.6. The van der Waals surface area contributed by atoms with Gasteiger partial charge in [-0.2, -0.15) is 0 Å². The fourth-order valence-electron chi connectivity index (χ4n) is 2.84. The molecule has 2 fully saturated rings. The molecule has 2 aliphatic rings. The van der Waals surface area contributed by atoms with Gasteiger partial charge in [0.15, 0.2) is 0 Å². The minimum Gasteiger partial charge on any atom is -0.337 e. The normalized spacial score (nSPS) is 30.8. The number of likely N-dealkylation sites (N-methyl/N-ethyl adjacent to an activating group) is 1. The highest BCUT2D eigenvalue weighted by Gasteiger charge is 2.46. The van der Waals surface area contributed by atoms with Crippen LogP contribution in [0.25, 0.3) is 0 Å². The Hall–Kier alpha value is -0.610. The molecule has 0 aromatic rings. The molecule has 1 heterocycles.